The Balaban J connectivity index is 1.28. The maximum absolute atomic E-state index is 14.0. The van der Waals surface area contributed by atoms with Crippen LogP contribution in [-0.2, 0) is 13.0 Å². The summed E-state index contributed by atoms with van der Waals surface area (Å²) in [5, 5.41) is 0. The molecule has 1 atom stereocenters. The fourth-order valence-electron chi connectivity index (χ4n) is 5.58. The second-order valence-corrected chi connectivity index (χ2v) is 14.0. The van der Waals surface area contributed by atoms with Gasteiger partial charge in [0.1, 0.15) is 12.4 Å². The molecular formula is C34H23Br3N2O2S. The van der Waals surface area contributed by atoms with E-state index in [0.29, 0.717) is 11.1 Å². The van der Waals surface area contributed by atoms with Gasteiger partial charge < -0.3 is 4.74 Å². The lowest BCUT2D eigenvalue weighted by molar-refractivity contribution is 0.304. The molecule has 8 heteroatoms. The Labute approximate surface area is 272 Å². The highest BCUT2D eigenvalue weighted by Gasteiger charge is 2.32. The Morgan fingerprint density at radius 3 is 2.40 bits per heavy atom. The number of aromatic nitrogens is 1. The maximum atomic E-state index is 14.0. The monoisotopic (exact) mass is 760 g/mol. The maximum Gasteiger partial charge on any atom is 0.271 e. The number of rotatable bonds is 5. The molecule has 7 rings (SSSR count). The molecule has 1 aromatic heterocycles. The Bertz CT molecular complexity index is 2040. The van der Waals surface area contributed by atoms with Gasteiger partial charge >= 0.3 is 0 Å². The van der Waals surface area contributed by atoms with Crippen molar-refractivity contribution in [2.24, 2.45) is 4.99 Å². The highest BCUT2D eigenvalue weighted by Crippen LogP contribution is 2.41. The van der Waals surface area contributed by atoms with Crippen LogP contribution in [0.15, 0.2) is 120 Å². The van der Waals surface area contributed by atoms with E-state index in [1.807, 2.05) is 65.2 Å². The fraction of sp³-hybridized carbons (Fsp3) is 0.118. The van der Waals surface area contributed by atoms with E-state index in [-0.39, 0.29) is 11.6 Å². The van der Waals surface area contributed by atoms with Gasteiger partial charge in [-0.25, -0.2) is 4.99 Å². The van der Waals surface area contributed by atoms with Gasteiger partial charge in [-0.3, -0.25) is 9.36 Å². The van der Waals surface area contributed by atoms with E-state index in [0.717, 1.165) is 59.2 Å². The highest BCUT2D eigenvalue weighted by atomic mass is 79.9. The van der Waals surface area contributed by atoms with Gasteiger partial charge in [-0.2, -0.15) is 0 Å². The number of benzene rings is 4. The minimum Gasteiger partial charge on any atom is -0.488 e. The molecule has 1 aliphatic carbocycles. The lowest BCUT2D eigenvalue weighted by Crippen LogP contribution is -2.38. The number of nitrogens with zero attached hydrogens (tertiary/aromatic N) is 2. The molecule has 4 nitrogen and oxygen atoms in total. The second kappa shape index (κ2) is 11.6. The van der Waals surface area contributed by atoms with Crippen LogP contribution in [0, 0.1) is 0 Å². The third-order valence-electron chi connectivity index (χ3n) is 7.62. The molecule has 0 radical (unpaired) electrons. The summed E-state index contributed by atoms with van der Waals surface area (Å²) in [7, 11) is 0. The number of thiazole rings is 1. The average molecular weight is 763 g/mol. The number of hydrogen-bond donors (Lipinski definition) is 0. The van der Waals surface area contributed by atoms with Gasteiger partial charge in [-0.1, -0.05) is 97.8 Å². The molecule has 0 spiro atoms. The molecule has 0 amide bonds. The lowest BCUT2D eigenvalue weighted by Gasteiger charge is -2.30. The molecule has 4 aromatic carbocycles. The fourth-order valence-corrected chi connectivity index (χ4v) is 7.63. The number of aryl methyl sites for hydroxylation is 1. The predicted octanol–water partition coefficient (Wildman–Crippen LogP) is 8.19. The van der Waals surface area contributed by atoms with E-state index in [9.17, 15) is 4.79 Å². The number of halogens is 3. The number of fused-ring (bicyclic) bond motifs is 3. The smallest absolute Gasteiger partial charge is 0.271 e. The molecule has 42 heavy (non-hydrogen) atoms. The van der Waals surface area contributed by atoms with E-state index < -0.39 is 0 Å². The van der Waals surface area contributed by atoms with Gasteiger partial charge in [0.2, 0.25) is 0 Å². The van der Waals surface area contributed by atoms with E-state index in [1.165, 1.54) is 28.0 Å². The third-order valence-corrected chi connectivity index (χ3v) is 10.3. The van der Waals surface area contributed by atoms with Gasteiger partial charge in [0.25, 0.3) is 5.56 Å². The SMILES string of the molecule is O=c1/c(=C\c2ccc(OCc3ccc(Br)cc3)c(Br)c2)sc2n1[C@@H](c1ccc(Br)cc1)C1=C(N=2)c2ccccc2CC1. The van der Waals surface area contributed by atoms with Crippen LogP contribution in [0.2, 0.25) is 0 Å². The summed E-state index contributed by atoms with van der Waals surface area (Å²) >= 11 is 12.1. The Kier molecular flexibility index (Phi) is 7.65. The molecule has 5 aromatic rings. The first kappa shape index (κ1) is 27.8. The molecule has 0 fully saturated rings. The summed E-state index contributed by atoms with van der Waals surface area (Å²) < 4.78 is 11.5. The molecular weight excluding hydrogens is 740 g/mol. The van der Waals surface area contributed by atoms with Crippen molar-refractivity contribution in [2.45, 2.75) is 25.5 Å². The summed E-state index contributed by atoms with van der Waals surface area (Å²) in [6.45, 7) is 0.466. The molecule has 1 aliphatic heterocycles. The molecule has 0 saturated carbocycles. The third kappa shape index (κ3) is 5.30. The minimum atomic E-state index is -0.194. The topological polar surface area (TPSA) is 43.6 Å². The summed E-state index contributed by atoms with van der Waals surface area (Å²) in [4.78, 5) is 19.9. The summed E-state index contributed by atoms with van der Waals surface area (Å²) in [6, 6.07) is 30.6. The highest BCUT2D eigenvalue weighted by molar-refractivity contribution is 9.11. The molecule has 208 valence electrons. The van der Waals surface area contributed by atoms with Crippen molar-refractivity contribution < 1.29 is 4.74 Å². The minimum absolute atomic E-state index is 0.0243. The molecule has 2 heterocycles. The van der Waals surface area contributed by atoms with E-state index >= 15 is 0 Å². The quantitative estimate of drug-likeness (QED) is 0.181. The zero-order valence-electron chi connectivity index (χ0n) is 22.2. The van der Waals surface area contributed by atoms with Crippen LogP contribution in [0.5, 0.6) is 5.75 Å². The number of hydrogen-bond acceptors (Lipinski definition) is 4. The summed E-state index contributed by atoms with van der Waals surface area (Å²) in [6.07, 6.45) is 3.75. The van der Waals surface area contributed by atoms with E-state index in [2.05, 4.69) is 84.2 Å². The second-order valence-electron chi connectivity index (χ2n) is 10.3. The van der Waals surface area contributed by atoms with Crippen LogP contribution in [0.3, 0.4) is 0 Å². The molecule has 0 N–H and O–H groups in total. The van der Waals surface area contributed by atoms with Crippen LogP contribution in [-0.4, -0.2) is 4.57 Å². The molecule has 0 unspecified atom stereocenters. The van der Waals surface area contributed by atoms with Crippen LogP contribution in [0.1, 0.15) is 40.3 Å². The number of ether oxygens (including phenoxy) is 1. The first-order valence-corrected chi connectivity index (χ1v) is 16.7. The Hall–Kier alpha value is -3.04. The predicted molar refractivity (Wildman–Crippen MR) is 180 cm³/mol. The van der Waals surface area contributed by atoms with Crippen molar-refractivity contribution in [1.82, 2.24) is 4.57 Å². The molecule has 2 aliphatic rings. The van der Waals surface area contributed by atoms with Crippen molar-refractivity contribution >= 4 is 70.9 Å². The summed E-state index contributed by atoms with van der Waals surface area (Å²) in [5.41, 5.74) is 7.74. The molecule has 0 saturated heterocycles. The first-order chi connectivity index (χ1) is 20.4. The van der Waals surface area contributed by atoms with Crippen LogP contribution in [0.4, 0.5) is 0 Å². The van der Waals surface area contributed by atoms with E-state index in [4.69, 9.17) is 9.73 Å². The zero-order valence-corrected chi connectivity index (χ0v) is 27.8. The van der Waals surface area contributed by atoms with Crippen molar-refractivity contribution in [3.8, 4) is 5.75 Å². The van der Waals surface area contributed by atoms with Crippen molar-refractivity contribution in [3.05, 3.63) is 157 Å². The van der Waals surface area contributed by atoms with Crippen molar-refractivity contribution in [2.75, 3.05) is 0 Å². The van der Waals surface area contributed by atoms with Gasteiger partial charge in [-0.05, 0) is 99.1 Å². The normalized spacial score (nSPS) is 16.0. The van der Waals surface area contributed by atoms with Gasteiger partial charge in [0, 0.05) is 14.5 Å². The van der Waals surface area contributed by atoms with Gasteiger partial charge in [-0.15, -0.1) is 0 Å². The van der Waals surface area contributed by atoms with Crippen LogP contribution < -0.4 is 19.6 Å². The van der Waals surface area contributed by atoms with Crippen LogP contribution >= 0.6 is 59.1 Å². The number of allylic oxidation sites excluding steroid dienone is 1. The van der Waals surface area contributed by atoms with Gasteiger partial charge in [0.05, 0.1) is 20.7 Å². The van der Waals surface area contributed by atoms with Crippen molar-refractivity contribution in [1.29, 1.82) is 0 Å². The first-order valence-electron chi connectivity index (χ1n) is 13.5. The standard InChI is InChI=1S/C34H23Br3N2O2S/c35-24-11-5-20(6-12-24)19-41-29-16-7-21(17-28(29)37)18-30-33(40)39-32(23-8-13-25(36)14-9-23)27-15-10-22-3-1-2-4-26(22)31(27)38-34(39)42-30/h1-9,11-14,16-18,32H,10,15,19H2/b30-18+/t32-/m0/s1. The average Bonchev–Trinajstić information content (AvgIpc) is 3.31. The molecule has 0 bridgehead atoms. The van der Waals surface area contributed by atoms with Crippen molar-refractivity contribution in [3.63, 3.8) is 0 Å². The summed E-state index contributed by atoms with van der Waals surface area (Å²) in [5.74, 6) is 0.748. The van der Waals surface area contributed by atoms with Crippen LogP contribution in [0.25, 0.3) is 11.8 Å². The Morgan fingerprint density at radius 2 is 1.64 bits per heavy atom. The van der Waals surface area contributed by atoms with E-state index in [1.54, 1.807) is 0 Å². The van der Waals surface area contributed by atoms with Gasteiger partial charge in [0.15, 0.2) is 4.80 Å². The zero-order chi connectivity index (χ0) is 28.8. The lowest BCUT2D eigenvalue weighted by atomic mass is 9.83. The largest absolute Gasteiger partial charge is 0.488 e. The Morgan fingerprint density at radius 1 is 0.905 bits per heavy atom.